The van der Waals surface area contributed by atoms with Gasteiger partial charge in [-0.05, 0) is 90.5 Å². The number of para-hydroxylation sites is 1. The first kappa shape index (κ1) is 37.5. The second kappa shape index (κ2) is 14.8. The molecule has 1 aromatic carbocycles. The number of nitrogens with two attached hydrogens (primary N) is 1. The Morgan fingerprint density at radius 2 is 1.86 bits per heavy atom. The fraction of sp³-hybridized carbons (Fsp3) is 0.576. The lowest BCUT2D eigenvalue weighted by atomic mass is 9.86. The van der Waals surface area contributed by atoms with E-state index in [-0.39, 0.29) is 42.4 Å². The van der Waals surface area contributed by atoms with Gasteiger partial charge in [0.15, 0.2) is 11.4 Å². The first-order valence-electron chi connectivity index (χ1n) is 16.6. The molecule has 2 fully saturated rings. The van der Waals surface area contributed by atoms with E-state index in [4.69, 9.17) is 29.0 Å². The molecule has 6 N–H and O–H groups in total. The summed E-state index contributed by atoms with van der Waals surface area (Å²) in [7, 11) is -4.33. The SMILES string of the molecule is C[C@H](NP(=O)(OC[C@@]1(C)OC[C@](O)(c2ccc3c(N)ncnn23)[C@@H]1O)Oc1ccccc1)C(=O)OCC1CCC(NC(=O)OC(C)(C)C)CC1. The number of ether oxygens (including phenoxy) is 3. The van der Waals surface area contributed by atoms with E-state index in [2.05, 4.69) is 20.5 Å². The summed E-state index contributed by atoms with van der Waals surface area (Å²) in [4.78, 5) is 29.1. The van der Waals surface area contributed by atoms with Gasteiger partial charge >= 0.3 is 19.8 Å². The van der Waals surface area contributed by atoms with Crippen molar-refractivity contribution in [2.24, 2.45) is 5.92 Å². The summed E-state index contributed by atoms with van der Waals surface area (Å²) in [5.41, 5.74) is 2.49. The highest BCUT2D eigenvalue weighted by atomic mass is 31.2. The van der Waals surface area contributed by atoms with Crippen LogP contribution in [0.4, 0.5) is 10.6 Å². The second-order valence-corrected chi connectivity index (χ2v) is 15.8. The zero-order chi connectivity index (χ0) is 36.3. The van der Waals surface area contributed by atoms with Crippen molar-refractivity contribution in [2.45, 2.75) is 95.3 Å². The van der Waals surface area contributed by atoms with Gasteiger partial charge in [-0.1, -0.05) is 18.2 Å². The van der Waals surface area contributed by atoms with Crippen molar-refractivity contribution in [3.63, 3.8) is 0 Å². The molecule has 2 aromatic heterocycles. The van der Waals surface area contributed by atoms with Gasteiger partial charge in [0, 0.05) is 6.04 Å². The molecule has 1 unspecified atom stereocenters. The topological polar surface area (TPSA) is 218 Å². The lowest BCUT2D eigenvalue weighted by Crippen LogP contribution is -2.50. The third-order valence-electron chi connectivity index (χ3n) is 8.80. The maximum absolute atomic E-state index is 14.2. The highest BCUT2D eigenvalue weighted by molar-refractivity contribution is 7.52. The number of carbonyl (C=O) groups excluding carboxylic acids is 2. The molecule has 3 aromatic rings. The predicted molar refractivity (Wildman–Crippen MR) is 181 cm³/mol. The molecular formula is C33H47N6O10P. The molecule has 1 amide bonds. The molecule has 0 bridgehead atoms. The minimum atomic E-state index is -4.33. The Kier molecular flexibility index (Phi) is 11.1. The van der Waals surface area contributed by atoms with Crippen molar-refractivity contribution < 1.29 is 47.6 Å². The molecule has 0 radical (unpaired) electrons. The number of anilines is 1. The van der Waals surface area contributed by atoms with Crippen molar-refractivity contribution in [3.8, 4) is 5.75 Å². The van der Waals surface area contributed by atoms with Crippen LogP contribution in [-0.4, -0.2) is 86.1 Å². The normalized spacial score (nSPS) is 27.3. The number of nitrogens with one attached hydrogen (secondary N) is 2. The smallest absolute Gasteiger partial charge is 0.459 e. The molecule has 16 nitrogen and oxygen atoms in total. The maximum Gasteiger partial charge on any atom is 0.459 e. The van der Waals surface area contributed by atoms with E-state index in [0.29, 0.717) is 18.4 Å². The number of hydrogen-bond acceptors (Lipinski definition) is 13. The predicted octanol–water partition coefficient (Wildman–Crippen LogP) is 3.46. The number of alkyl carbamates (subject to hydrolysis) is 1. The Morgan fingerprint density at radius 1 is 1.16 bits per heavy atom. The van der Waals surface area contributed by atoms with Gasteiger partial charge in [-0.2, -0.15) is 10.2 Å². The average Bonchev–Trinajstić information content (AvgIpc) is 3.60. The minimum absolute atomic E-state index is 0.0219. The third kappa shape index (κ3) is 8.74. The second-order valence-electron chi connectivity index (χ2n) is 14.1. The van der Waals surface area contributed by atoms with Gasteiger partial charge in [0.1, 0.15) is 40.9 Å². The van der Waals surface area contributed by atoms with Gasteiger partial charge in [0.2, 0.25) is 0 Å². The van der Waals surface area contributed by atoms with Gasteiger partial charge in [-0.25, -0.2) is 18.9 Å². The van der Waals surface area contributed by atoms with Gasteiger partial charge in [0.25, 0.3) is 0 Å². The number of aromatic nitrogens is 3. The monoisotopic (exact) mass is 718 g/mol. The van der Waals surface area contributed by atoms with Crippen LogP contribution in [0.3, 0.4) is 0 Å². The summed E-state index contributed by atoms with van der Waals surface area (Å²) in [6.07, 6.45) is 2.10. The van der Waals surface area contributed by atoms with Crippen LogP contribution in [0, 0.1) is 5.92 Å². The number of nitrogens with zero attached hydrogens (tertiary/aromatic N) is 3. The Labute approximate surface area is 290 Å². The molecule has 5 atom stereocenters. The van der Waals surface area contributed by atoms with E-state index in [1.165, 1.54) is 24.7 Å². The largest absolute Gasteiger partial charge is 0.464 e. The van der Waals surface area contributed by atoms with Crippen LogP contribution in [-0.2, 0) is 33.7 Å². The van der Waals surface area contributed by atoms with Crippen molar-refractivity contribution in [1.29, 1.82) is 0 Å². The molecule has 5 rings (SSSR count). The molecule has 1 aliphatic heterocycles. The van der Waals surface area contributed by atoms with Crippen LogP contribution in [0.1, 0.15) is 66.0 Å². The van der Waals surface area contributed by atoms with Crippen LogP contribution >= 0.6 is 7.75 Å². The van der Waals surface area contributed by atoms with Crippen molar-refractivity contribution in [3.05, 3.63) is 54.5 Å². The van der Waals surface area contributed by atoms with Crippen molar-refractivity contribution >= 4 is 31.1 Å². The lowest BCUT2D eigenvalue weighted by Gasteiger charge is -2.33. The number of hydrogen-bond donors (Lipinski definition) is 5. The quantitative estimate of drug-likeness (QED) is 0.134. The Morgan fingerprint density at radius 3 is 2.54 bits per heavy atom. The lowest BCUT2D eigenvalue weighted by molar-refractivity contribution is -0.147. The zero-order valence-electron chi connectivity index (χ0n) is 28.9. The van der Waals surface area contributed by atoms with Crippen LogP contribution in [0.5, 0.6) is 5.75 Å². The van der Waals surface area contributed by atoms with E-state index in [1.807, 2.05) is 20.8 Å². The van der Waals surface area contributed by atoms with Crippen LogP contribution in [0.15, 0.2) is 48.8 Å². The summed E-state index contributed by atoms with van der Waals surface area (Å²) in [5.74, 6) is -0.190. The Balaban J connectivity index is 1.19. The van der Waals surface area contributed by atoms with E-state index in [9.17, 15) is 24.4 Å². The molecule has 1 aliphatic carbocycles. The molecule has 1 saturated heterocycles. The summed E-state index contributed by atoms with van der Waals surface area (Å²) < 4.78 is 43.9. The molecule has 2 aliphatic rings. The number of nitrogen functional groups attached to an aromatic ring is 1. The number of benzene rings is 1. The summed E-state index contributed by atoms with van der Waals surface area (Å²) in [6, 6.07) is 10.3. The fourth-order valence-corrected chi connectivity index (χ4v) is 7.62. The highest BCUT2D eigenvalue weighted by Gasteiger charge is 2.58. The zero-order valence-corrected chi connectivity index (χ0v) is 29.8. The Hall–Kier alpha value is -3.79. The molecule has 0 spiro atoms. The molecule has 17 heteroatoms. The summed E-state index contributed by atoms with van der Waals surface area (Å²) in [5, 5.41) is 32.8. The first-order valence-corrected chi connectivity index (χ1v) is 18.1. The average molecular weight is 719 g/mol. The Bertz CT molecular complexity index is 1690. The van der Waals surface area contributed by atoms with Crippen LogP contribution in [0.25, 0.3) is 5.52 Å². The summed E-state index contributed by atoms with van der Waals surface area (Å²) >= 11 is 0. The number of aliphatic hydroxyl groups is 2. The molecule has 274 valence electrons. The maximum atomic E-state index is 14.2. The van der Waals surface area contributed by atoms with Gasteiger partial charge in [-0.15, -0.1) is 0 Å². The highest BCUT2D eigenvalue weighted by Crippen LogP contribution is 2.48. The van der Waals surface area contributed by atoms with Crippen LogP contribution < -0.4 is 20.7 Å². The number of fused-ring (bicyclic) bond motifs is 1. The number of esters is 1. The standard InChI is InChI=1S/C33H47N6O10P/c1-21(28(40)45-17-22-11-13-23(14-12-22)37-30(42)48-31(2,3)4)38-50(44,49-24-9-7-6-8-10-24)47-18-32(5)29(41)33(43,19-46-32)26-16-15-25-27(34)35-20-36-39(25)26/h6-10,15-16,20-23,29,41,43H,11-14,17-19H2,1-5H3,(H,37,42)(H,38,44)(H2,34,35,36)/t21-,22?,23?,29+,32+,33-,50?/m0/s1. The number of carbonyl (C=O) groups is 2. The van der Waals surface area contributed by atoms with Gasteiger partial charge < -0.3 is 40.0 Å². The molecule has 50 heavy (non-hydrogen) atoms. The molecular weight excluding hydrogens is 671 g/mol. The fourth-order valence-electron chi connectivity index (χ4n) is 6.04. The van der Waals surface area contributed by atoms with E-state index in [0.717, 1.165) is 12.8 Å². The molecule has 1 saturated carbocycles. The van der Waals surface area contributed by atoms with E-state index in [1.54, 1.807) is 42.5 Å². The van der Waals surface area contributed by atoms with E-state index < -0.39 is 55.4 Å². The van der Waals surface area contributed by atoms with Crippen LogP contribution in [0.2, 0.25) is 0 Å². The minimum Gasteiger partial charge on any atom is -0.464 e. The summed E-state index contributed by atoms with van der Waals surface area (Å²) in [6.45, 7) is 7.69. The van der Waals surface area contributed by atoms with E-state index >= 15 is 0 Å². The number of rotatable bonds is 12. The number of aliphatic hydroxyl groups excluding tert-OH is 1. The van der Waals surface area contributed by atoms with Gasteiger partial charge in [-0.3, -0.25) is 9.32 Å². The number of amides is 1. The first-order chi connectivity index (χ1) is 23.5. The van der Waals surface area contributed by atoms with Crippen molar-refractivity contribution in [2.75, 3.05) is 25.6 Å². The molecule has 3 heterocycles. The van der Waals surface area contributed by atoms with Crippen molar-refractivity contribution in [1.82, 2.24) is 25.0 Å². The third-order valence-corrected chi connectivity index (χ3v) is 10.4. The van der Waals surface area contributed by atoms with Gasteiger partial charge in [0.05, 0.1) is 25.5 Å².